The molecule has 1 rings (SSSR count). The van der Waals surface area contributed by atoms with Crippen molar-refractivity contribution in [2.24, 2.45) is 11.8 Å². The number of ether oxygens (including phenoxy) is 1. The molecule has 0 aliphatic carbocycles. The van der Waals surface area contributed by atoms with Crippen molar-refractivity contribution in [3.05, 3.63) is 0 Å². The molecule has 2 heteroatoms. The van der Waals surface area contributed by atoms with Gasteiger partial charge < -0.3 is 9.84 Å². The van der Waals surface area contributed by atoms with Crippen molar-refractivity contribution in [2.75, 3.05) is 19.8 Å². The van der Waals surface area contributed by atoms with E-state index in [1.54, 1.807) is 0 Å². The highest BCUT2D eigenvalue weighted by atomic mass is 16.5. The minimum absolute atomic E-state index is 0.290. The maximum Gasteiger partial charge on any atom is 0.0518 e. The first-order valence-electron chi connectivity index (χ1n) is 4.07. The Bertz CT molecular complexity index is 81.3. The molecular weight excluding hydrogens is 128 g/mol. The van der Waals surface area contributed by atoms with Gasteiger partial charge in [-0.1, -0.05) is 13.3 Å². The number of hydrogen-bond acceptors (Lipinski definition) is 2. The molecule has 2 nitrogen and oxygen atoms in total. The third-order valence-electron chi connectivity index (χ3n) is 2.39. The van der Waals surface area contributed by atoms with Crippen LogP contribution in [0.25, 0.3) is 0 Å². The van der Waals surface area contributed by atoms with Gasteiger partial charge in [-0.05, 0) is 12.3 Å². The Balaban J connectivity index is 2.34. The first-order valence-corrected chi connectivity index (χ1v) is 4.07. The standard InChI is InChI=1S/C8H16O2/c1-2-7-3-4-10-6-8(7)5-9/h7-9H,2-6H2,1H3. The van der Waals surface area contributed by atoms with Gasteiger partial charge in [-0.25, -0.2) is 0 Å². The molecule has 2 atom stereocenters. The van der Waals surface area contributed by atoms with E-state index in [9.17, 15) is 0 Å². The fourth-order valence-corrected chi connectivity index (χ4v) is 1.58. The summed E-state index contributed by atoms with van der Waals surface area (Å²) in [6.45, 7) is 4.11. The maximum absolute atomic E-state index is 8.91. The molecule has 0 bridgehead atoms. The molecule has 2 unspecified atom stereocenters. The summed E-state index contributed by atoms with van der Waals surface area (Å²) in [6.07, 6.45) is 2.30. The quantitative estimate of drug-likeness (QED) is 0.627. The van der Waals surface area contributed by atoms with Crippen molar-refractivity contribution in [3.8, 4) is 0 Å². The monoisotopic (exact) mass is 144 g/mol. The highest BCUT2D eigenvalue weighted by Crippen LogP contribution is 2.23. The molecule has 0 amide bonds. The Morgan fingerprint density at radius 3 is 2.80 bits per heavy atom. The molecule has 10 heavy (non-hydrogen) atoms. The number of rotatable bonds is 2. The highest BCUT2D eigenvalue weighted by molar-refractivity contribution is 4.71. The zero-order valence-electron chi connectivity index (χ0n) is 6.55. The summed E-state index contributed by atoms with van der Waals surface area (Å²) in [5.41, 5.74) is 0. The lowest BCUT2D eigenvalue weighted by molar-refractivity contribution is -0.00796. The van der Waals surface area contributed by atoms with E-state index in [0.717, 1.165) is 19.6 Å². The second-order valence-electron chi connectivity index (χ2n) is 2.97. The van der Waals surface area contributed by atoms with Crippen LogP contribution in [0.15, 0.2) is 0 Å². The molecule has 0 saturated carbocycles. The van der Waals surface area contributed by atoms with E-state index in [4.69, 9.17) is 9.84 Å². The summed E-state index contributed by atoms with van der Waals surface area (Å²) in [7, 11) is 0. The van der Waals surface area contributed by atoms with Crippen LogP contribution in [0.4, 0.5) is 0 Å². The molecule has 1 aliphatic heterocycles. The summed E-state index contributed by atoms with van der Waals surface area (Å²) in [4.78, 5) is 0. The van der Waals surface area contributed by atoms with Crippen molar-refractivity contribution in [1.82, 2.24) is 0 Å². The van der Waals surface area contributed by atoms with E-state index in [1.807, 2.05) is 0 Å². The molecule has 0 aromatic heterocycles. The normalized spacial score (nSPS) is 34.2. The molecule has 1 aliphatic rings. The van der Waals surface area contributed by atoms with Crippen LogP contribution in [-0.4, -0.2) is 24.9 Å². The van der Waals surface area contributed by atoms with Crippen molar-refractivity contribution in [1.29, 1.82) is 0 Å². The first kappa shape index (κ1) is 8.02. The lowest BCUT2D eigenvalue weighted by Crippen LogP contribution is -2.29. The van der Waals surface area contributed by atoms with Crippen LogP contribution in [0.2, 0.25) is 0 Å². The minimum atomic E-state index is 0.290. The molecule has 0 aromatic rings. The lowest BCUT2D eigenvalue weighted by atomic mass is 9.87. The Labute approximate surface area is 62.2 Å². The number of hydrogen-bond donors (Lipinski definition) is 1. The molecule has 1 heterocycles. The molecule has 0 spiro atoms. The third kappa shape index (κ3) is 1.70. The van der Waals surface area contributed by atoms with E-state index in [1.165, 1.54) is 6.42 Å². The predicted octanol–water partition coefficient (Wildman–Crippen LogP) is 1.04. The lowest BCUT2D eigenvalue weighted by Gasteiger charge is -2.29. The molecule has 1 N–H and O–H groups in total. The van der Waals surface area contributed by atoms with Crippen LogP contribution in [-0.2, 0) is 4.74 Å². The van der Waals surface area contributed by atoms with Gasteiger partial charge >= 0.3 is 0 Å². The summed E-state index contributed by atoms with van der Waals surface area (Å²) in [6, 6.07) is 0. The Morgan fingerprint density at radius 1 is 1.50 bits per heavy atom. The minimum Gasteiger partial charge on any atom is -0.396 e. The van der Waals surface area contributed by atoms with E-state index >= 15 is 0 Å². The van der Waals surface area contributed by atoms with Crippen molar-refractivity contribution in [2.45, 2.75) is 19.8 Å². The van der Waals surface area contributed by atoms with Crippen LogP contribution in [0.5, 0.6) is 0 Å². The van der Waals surface area contributed by atoms with Gasteiger partial charge in [0.25, 0.3) is 0 Å². The van der Waals surface area contributed by atoms with Crippen LogP contribution < -0.4 is 0 Å². The topological polar surface area (TPSA) is 29.5 Å². The second-order valence-corrected chi connectivity index (χ2v) is 2.97. The van der Waals surface area contributed by atoms with Gasteiger partial charge in [-0.2, -0.15) is 0 Å². The fraction of sp³-hybridized carbons (Fsp3) is 1.00. The average molecular weight is 144 g/mol. The van der Waals surface area contributed by atoms with Gasteiger partial charge in [-0.3, -0.25) is 0 Å². The van der Waals surface area contributed by atoms with Gasteiger partial charge in [0.1, 0.15) is 0 Å². The van der Waals surface area contributed by atoms with Crippen LogP contribution in [0, 0.1) is 11.8 Å². The number of aliphatic hydroxyl groups is 1. The summed E-state index contributed by atoms with van der Waals surface area (Å²) in [5, 5.41) is 8.91. The first-order chi connectivity index (χ1) is 4.88. The SMILES string of the molecule is CCC1CCOCC1CO. The summed E-state index contributed by atoms with van der Waals surface area (Å²) in [5.74, 6) is 1.09. The van der Waals surface area contributed by atoms with Gasteiger partial charge in [0.05, 0.1) is 6.61 Å². The summed E-state index contributed by atoms with van der Waals surface area (Å²) >= 11 is 0. The fourth-order valence-electron chi connectivity index (χ4n) is 1.58. The zero-order chi connectivity index (χ0) is 7.40. The molecule has 0 radical (unpaired) electrons. The van der Waals surface area contributed by atoms with Gasteiger partial charge in [-0.15, -0.1) is 0 Å². The molecule has 1 saturated heterocycles. The van der Waals surface area contributed by atoms with Crippen LogP contribution >= 0.6 is 0 Å². The molecule has 60 valence electrons. The largest absolute Gasteiger partial charge is 0.396 e. The number of aliphatic hydroxyl groups excluding tert-OH is 1. The van der Waals surface area contributed by atoms with E-state index in [-0.39, 0.29) is 0 Å². The van der Waals surface area contributed by atoms with Gasteiger partial charge in [0, 0.05) is 19.1 Å². The maximum atomic E-state index is 8.91. The van der Waals surface area contributed by atoms with E-state index < -0.39 is 0 Å². The Hall–Kier alpha value is -0.0800. The second kappa shape index (κ2) is 3.94. The van der Waals surface area contributed by atoms with E-state index in [0.29, 0.717) is 18.4 Å². The Morgan fingerprint density at radius 2 is 2.30 bits per heavy atom. The van der Waals surface area contributed by atoms with Crippen molar-refractivity contribution < 1.29 is 9.84 Å². The van der Waals surface area contributed by atoms with Crippen molar-refractivity contribution >= 4 is 0 Å². The Kier molecular flexibility index (Phi) is 3.16. The van der Waals surface area contributed by atoms with Gasteiger partial charge in [0.15, 0.2) is 0 Å². The van der Waals surface area contributed by atoms with Crippen molar-refractivity contribution in [3.63, 3.8) is 0 Å². The van der Waals surface area contributed by atoms with Crippen LogP contribution in [0.3, 0.4) is 0 Å². The zero-order valence-corrected chi connectivity index (χ0v) is 6.55. The smallest absolute Gasteiger partial charge is 0.0518 e. The average Bonchev–Trinajstić information content (AvgIpc) is 2.04. The molecule has 0 aromatic carbocycles. The molecule has 1 fully saturated rings. The van der Waals surface area contributed by atoms with E-state index in [2.05, 4.69) is 6.92 Å². The highest BCUT2D eigenvalue weighted by Gasteiger charge is 2.22. The predicted molar refractivity (Wildman–Crippen MR) is 39.8 cm³/mol. The molecular formula is C8H16O2. The third-order valence-corrected chi connectivity index (χ3v) is 2.39. The van der Waals surface area contributed by atoms with Crippen LogP contribution in [0.1, 0.15) is 19.8 Å². The van der Waals surface area contributed by atoms with Gasteiger partial charge in [0.2, 0.25) is 0 Å². The summed E-state index contributed by atoms with van der Waals surface area (Å²) < 4.78 is 5.25.